The summed E-state index contributed by atoms with van der Waals surface area (Å²) in [5, 5.41) is 0. The molecule has 1 amide bonds. The Labute approximate surface area is 176 Å². The molecule has 4 nitrogen and oxygen atoms in total. The monoisotopic (exact) mass is 405 g/mol. The number of benzene rings is 2. The number of amides is 1. The lowest BCUT2D eigenvalue weighted by Gasteiger charge is -2.36. The van der Waals surface area contributed by atoms with E-state index in [1.165, 1.54) is 11.1 Å². The number of aryl methyl sites for hydroxylation is 1. The summed E-state index contributed by atoms with van der Waals surface area (Å²) < 4.78 is 2.14. The van der Waals surface area contributed by atoms with Gasteiger partial charge >= 0.3 is 0 Å². The maximum atomic E-state index is 13.7. The highest BCUT2D eigenvalue weighted by molar-refractivity contribution is 7.97. The van der Waals surface area contributed by atoms with Crippen LogP contribution in [0.2, 0.25) is 0 Å². The van der Waals surface area contributed by atoms with Gasteiger partial charge in [-0.1, -0.05) is 36.4 Å². The number of hydrogen-bond donors (Lipinski definition) is 0. The van der Waals surface area contributed by atoms with Crippen LogP contribution >= 0.6 is 11.8 Å². The number of aromatic nitrogens is 2. The molecular formula is C24H27N3OS. The van der Waals surface area contributed by atoms with Crippen molar-refractivity contribution in [2.45, 2.75) is 56.5 Å². The van der Waals surface area contributed by atoms with Crippen molar-refractivity contribution < 1.29 is 4.79 Å². The van der Waals surface area contributed by atoms with E-state index in [9.17, 15) is 4.79 Å². The Balaban J connectivity index is 1.48. The van der Waals surface area contributed by atoms with Gasteiger partial charge < -0.3 is 9.47 Å². The average molecular weight is 406 g/mol. The van der Waals surface area contributed by atoms with Gasteiger partial charge in [0.05, 0.1) is 22.8 Å². The Morgan fingerprint density at radius 2 is 1.93 bits per heavy atom. The van der Waals surface area contributed by atoms with Gasteiger partial charge in [0.1, 0.15) is 12.4 Å². The van der Waals surface area contributed by atoms with Gasteiger partial charge in [-0.05, 0) is 61.6 Å². The number of hydrogen-bond acceptors (Lipinski definition) is 3. The molecule has 5 rings (SSSR count). The van der Waals surface area contributed by atoms with E-state index in [0.717, 1.165) is 54.7 Å². The molecule has 0 N–H and O–H groups in total. The van der Waals surface area contributed by atoms with Gasteiger partial charge in [-0.3, -0.25) is 4.79 Å². The number of carbonyl (C=O) groups is 1. The first kappa shape index (κ1) is 18.7. The summed E-state index contributed by atoms with van der Waals surface area (Å²) in [6, 6.07) is 17.5. The molecule has 1 atom stereocenters. The second-order valence-electron chi connectivity index (χ2n) is 8.17. The molecule has 1 fully saturated rings. The quantitative estimate of drug-likeness (QED) is 0.581. The number of rotatable bonds is 6. The van der Waals surface area contributed by atoms with E-state index in [1.54, 1.807) is 11.8 Å². The van der Waals surface area contributed by atoms with Crippen molar-refractivity contribution in [3.8, 4) is 0 Å². The fraction of sp³-hybridized carbons (Fsp3) is 0.417. The minimum Gasteiger partial charge on any atom is -0.331 e. The van der Waals surface area contributed by atoms with Crippen LogP contribution in [0.25, 0.3) is 11.0 Å². The van der Waals surface area contributed by atoms with Crippen molar-refractivity contribution in [2.24, 2.45) is 0 Å². The highest BCUT2D eigenvalue weighted by Gasteiger charge is 2.39. The summed E-state index contributed by atoms with van der Waals surface area (Å²) in [5.41, 5.74) is 4.81. The predicted molar refractivity (Wildman–Crippen MR) is 119 cm³/mol. The molecule has 2 aliphatic carbocycles. The zero-order valence-corrected chi connectivity index (χ0v) is 17.7. The van der Waals surface area contributed by atoms with Gasteiger partial charge in [0, 0.05) is 6.04 Å². The fourth-order valence-electron chi connectivity index (χ4n) is 4.76. The molecule has 5 heteroatoms. The van der Waals surface area contributed by atoms with Gasteiger partial charge in [0.15, 0.2) is 0 Å². The highest BCUT2D eigenvalue weighted by atomic mass is 32.2. The van der Waals surface area contributed by atoms with E-state index in [0.29, 0.717) is 12.6 Å². The fourth-order valence-corrected chi connectivity index (χ4v) is 5.24. The van der Waals surface area contributed by atoms with Gasteiger partial charge in [-0.2, -0.15) is 11.8 Å². The van der Waals surface area contributed by atoms with Crippen LogP contribution in [0.4, 0.5) is 0 Å². The molecule has 3 aromatic rings. The molecule has 0 aliphatic heterocycles. The Morgan fingerprint density at radius 1 is 1.14 bits per heavy atom. The zero-order chi connectivity index (χ0) is 19.8. The second-order valence-corrected chi connectivity index (χ2v) is 9.04. The summed E-state index contributed by atoms with van der Waals surface area (Å²) in [4.78, 5) is 20.7. The molecule has 0 radical (unpaired) electrons. The van der Waals surface area contributed by atoms with Crippen LogP contribution < -0.4 is 0 Å². The van der Waals surface area contributed by atoms with E-state index < -0.39 is 0 Å². The Kier molecular flexibility index (Phi) is 5.08. The van der Waals surface area contributed by atoms with Crippen molar-refractivity contribution >= 4 is 28.7 Å². The molecule has 150 valence electrons. The van der Waals surface area contributed by atoms with Crippen LogP contribution in [0.3, 0.4) is 0 Å². The number of carbonyl (C=O) groups excluding carboxylic acids is 1. The van der Waals surface area contributed by atoms with Crippen molar-refractivity contribution in [1.29, 1.82) is 0 Å². The third kappa shape index (κ3) is 3.57. The third-order valence-electron chi connectivity index (χ3n) is 6.20. The molecule has 1 aromatic heterocycles. The van der Waals surface area contributed by atoms with Gasteiger partial charge in [0.2, 0.25) is 5.91 Å². The molecular weight excluding hydrogens is 378 g/mol. The van der Waals surface area contributed by atoms with E-state index in [4.69, 9.17) is 4.98 Å². The van der Waals surface area contributed by atoms with E-state index in [2.05, 4.69) is 46.1 Å². The Bertz CT molecular complexity index is 1040. The first-order valence-electron chi connectivity index (χ1n) is 10.6. The van der Waals surface area contributed by atoms with Crippen molar-refractivity contribution in [2.75, 3.05) is 6.26 Å². The van der Waals surface area contributed by atoms with Crippen molar-refractivity contribution in [3.63, 3.8) is 0 Å². The standard InChI is InChI=1S/C24H27N3OS/c1-29-16-23-25-20-10-4-5-11-22(20)26(23)15-24(28)27(18-13-14-18)21-12-6-8-17-7-2-3-9-19(17)21/h2-5,7,9-11,18,21H,6,8,12-16H2,1H3. The lowest BCUT2D eigenvalue weighted by atomic mass is 9.86. The molecule has 1 heterocycles. The largest absolute Gasteiger partial charge is 0.331 e. The third-order valence-corrected chi connectivity index (χ3v) is 6.75. The first-order chi connectivity index (χ1) is 14.3. The first-order valence-corrected chi connectivity index (χ1v) is 12.0. The molecule has 0 saturated heterocycles. The van der Waals surface area contributed by atoms with Gasteiger partial charge in [-0.15, -0.1) is 0 Å². The lowest BCUT2D eigenvalue weighted by Crippen LogP contribution is -2.40. The van der Waals surface area contributed by atoms with Gasteiger partial charge in [-0.25, -0.2) is 4.98 Å². The molecule has 1 saturated carbocycles. The minimum atomic E-state index is 0.221. The van der Waals surface area contributed by atoms with Crippen LogP contribution in [0.5, 0.6) is 0 Å². The van der Waals surface area contributed by atoms with Crippen LogP contribution in [-0.4, -0.2) is 32.7 Å². The molecule has 0 spiro atoms. The van der Waals surface area contributed by atoms with Crippen LogP contribution in [-0.2, 0) is 23.5 Å². The average Bonchev–Trinajstić information content (AvgIpc) is 3.52. The van der Waals surface area contributed by atoms with E-state index in [1.807, 2.05) is 18.2 Å². The number of thioether (sulfide) groups is 1. The van der Waals surface area contributed by atoms with Crippen molar-refractivity contribution in [1.82, 2.24) is 14.5 Å². The normalized spacial score (nSPS) is 18.6. The maximum absolute atomic E-state index is 13.7. The summed E-state index contributed by atoms with van der Waals surface area (Å²) in [5.74, 6) is 2.05. The Morgan fingerprint density at radius 3 is 2.76 bits per heavy atom. The maximum Gasteiger partial charge on any atom is 0.243 e. The van der Waals surface area contributed by atoms with E-state index in [-0.39, 0.29) is 11.9 Å². The summed E-state index contributed by atoms with van der Waals surface area (Å²) in [6.45, 7) is 0.381. The summed E-state index contributed by atoms with van der Waals surface area (Å²) in [7, 11) is 0. The molecule has 1 unspecified atom stereocenters. The number of imidazole rings is 1. The van der Waals surface area contributed by atoms with E-state index >= 15 is 0 Å². The molecule has 2 aromatic carbocycles. The summed E-state index contributed by atoms with van der Waals surface area (Å²) in [6.07, 6.45) is 7.70. The number of nitrogens with zero attached hydrogens (tertiary/aromatic N) is 3. The highest BCUT2D eigenvalue weighted by Crippen LogP contribution is 2.41. The summed E-state index contributed by atoms with van der Waals surface area (Å²) >= 11 is 1.75. The van der Waals surface area contributed by atoms with Crippen LogP contribution in [0.15, 0.2) is 48.5 Å². The van der Waals surface area contributed by atoms with Crippen molar-refractivity contribution in [3.05, 3.63) is 65.5 Å². The number of fused-ring (bicyclic) bond motifs is 2. The SMILES string of the molecule is CSCc1nc2ccccc2n1CC(=O)N(C1CC1)C1CCCc2ccccc21. The molecule has 2 aliphatic rings. The zero-order valence-electron chi connectivity index (χ0n) is 16.9. The van der Waals surface area contributed by atoms with Gasteiger partial charge in [0.25, 0.3) is 0 Å². The molecule has 29 heavy (non-hydrogen) atoms. The van der Waals surface area contributed by atoms with Crippen LogP contribution in [0, 0.1) is 0 Å². The lowest BCUT2D eigenvalue weighted by molar-refractivity contribution is -0.135. The van der Waals surface area contributed by atoms with Crippen LogP contribution in [0.1, 0.15) is 48.7 Å². The second kappa shape index (κ2) is 7.86. The Hall–Kier alpha value is -2.27. The molecule has 0 bridgehead atoms. The predicted octanol–water partition coefficient (Wildman–Crippen LogP) is 4.97. The minimum absolute atomic E-state index is 0.221. The topological polar surface area (TPSA) is 38.1 Å². The smallest absolute Gasteiger partial charge is 0.243 e. The number of para-hydroxylation sites is 2.